The van der Waals surface area contributed by atoms with Gasteiger partial charge in [0.1, 0.15) is 0 Å². The number of hydrazine groups is 2. The van der Waals surface area contributed by atoms with E-state index in [-0.39, 0.29) is 6.04 Å². The van der Waals surface area contributed by atoms with Crippen molar-refractivity contribution in [2.75, 3.05) is 0 Å². The van der Waals surface area contributed by atoms with E-state index in [1.165, 1.54) is 5.01 Å². The van der Waals surface area contributed by atoms with Crippen molar-refractivity contribution in [2.45, 2.75) is 52.0 Å². The maximum Gasteiger partial charge on any atom is 0.345 e. The Kier molecular flexibility index (Phi) is 7.14. The van der Waals surface area contributed by atoms with Crippen LogP contribution in [0.3, 0.4) is 0 Å². The van der Waals surface area contributed by atoms with E-state index in [4.69, 9.17) is 11.7 Å². The molecular weight excluding hydrogens is 180 g/mol. The monoisotopic (exact) mass is 202 g/mol. The molecule has 14 heavy (non-hydrogen) atoms. The molecule has 0 radical (unpaired) electrons. The van der Waals surface area contributed by atoms with Gasteiger partial charge in [-0.1, -0.05) is 33.1 Å². The van der Waals surface area contributed by atoms with Gasteiger partial charge in [0.15, 0.2) is 0 Å². The minimum Gasteiger partial charge on any atom is -0.275 e. The molecule has 0 aliphatic heterocycles. The average molecular weight is 202 g/mol. The number of unbranched alkanes of at least 4 members (excludes halogenated alkanes) is 1. The largest absolute Gasteiger partial charge is 0.345 e. The van der Waals surface area contributed by atoms with Crippen LogP contribution in [0.1, 0.15) is 46.0 Å². The van der Waals surface area contributed by atoms with E-state index in [1.807, 2.05) is 5.43 Å². The fraction of sp³-hybridized carbons (Fsp3) is 0.889. The van der Waals surface area contributed by atoms with Gasteiger partial charge < -0.3 is 0 Å². The second kappa shape index (κ2) is 7.58. The maximum absolute atomic E-state index is 11.2. The van der Waals surface area contributed by atoms with E-state index in [9.17, 15) is 4.79 Å². The molecular formula is C9H22N4O. The molecule has 0 heterocycles. The van der Waals surface area contributed by atoms with Crippen LogP contribution in [-0.4, -0.2) is 17.1 Å². The molecule has 0 aromatic heterocycles. The topological polar surface area (TPSA) is 84.4 Å². The molecule has 5 N–H and O–H groups in total. The summed E-state index contributed by atoms with van der Waals surface area (Å²) < 4.78 is 0. The van der Waals surface area contributed by atoms with E-state index in [0.717, 1.165) is 32.1 Å². The molecule has 84 valence electrons. The van der Waals surface area contributed by atoms with Crippen molar-refractivity contribution in [2.24, 2.45) is 11.7 Å². The lowest BCUT2D eigenvalue weighted by atomic mass is 10.1. The molecule has 5 nitrogen and oxygen atoms in total. The molecule has 0 saturated heterocycles. The van der Waals surface area contributed by atoms with Crippen molar-refractivity contribution < 1.29 is 4.79 Å². The molecule has 0 spiro atoms. The van der Waals surface area contributed by atoms with Gasteiger partial charge in [-0.25, -0.2) is 16.5 Å². The molecule has 1 unspecified atom stereocenters. The number of nitrogens with two attached hydrogens (primary N) is 2. The normalized spacial score (nSPS) is 12.3. The predicted octanol–water partition coefficient (Wildman–Crippen LogP) is 1.10. The summed E-state index contributed by atoms with van der Waals surface area (Å²) in [6, 6.07) is -0.317. The highest BCUT2D eigenvalue weighted by Crippen LogP contribution is 2.11. The molecule has 0 fully saturated rings. The first-order valence-electron chi connectivity index (χ1n) is 5.21. The second-order valence-corrected chi connectivity index (χ2v) is 3.44. The number of rotatable bonds is 6. The molecule has 0 bridgehead atoms. The summed E-state index contributed by atoms with van der Waals surface area (Å²) in [6.07, 6.45) is 5.06. The Morgan fingerprint density at radius 1 is 1.36 bits per heavy atom. The van der Waals surface area contributed by atoms with Crippen LogP contribution in [0, 0.1) is 0 Å². The van der Waals surface area contributed by atoms with Gasteiger partial charge in [-0.05, 0) is 12.8 Å². The van der Waals surface area contributed by atoms with Gasteiger partial charge in [0.25, 0.3) is 0 Å². The lowest BCUT2D eigenvalue weighted by Gasteiger charge is -2.26. The van der Waals surface area contributed by atoms with Crippen molar-refractivity contribution >= 4 is 6.03 Å². The highest BCUT2D eigenvalue weighted by Gasteiger charge is 2.18. The predicted molar refractivity (Wildman–Crippen MR) is 57.0 cm³/mol. The Bertz CT molecular complexity index is 163. The van der Waals surface area contributed by atoms with Gasteiger partial charge >= 0.3 is 6.03 Å². The van der Waals surface area contributed by atoms with Crippen molar-refractivity contribution in [3.05, 3.63) is 0 Å². The van der Waals surface area contributed by atoms with Crippen LogP contribution in [-0.2, 0) is 0 Å². The van der Waals surface area contributed by atoms with Gasteiger partial charge in [-0.15, -0.1) is 0 Å². The Labute approximate surface area is 85.8 Å². The quantitative estimate of drug-likeness (QED) is 0.342. The van der Waals surface area contributed by atoms with Crippen LogP contribution in [0.5, 0.6) is 0 Å². The molecule has 0 rings (SSSR count). The van der Waals surface area contributed by atoms with E-state index < -0.39 is 6.03 Å². The van der Waals surface area contributed by atoms with E-state index >= 15 is 0 Å². The molecule has 0 aliphatic rings. The summed E-state index contributed by atoms with van der Waals surface area (Å²) in [5, 5.41) is 1.21. The molecule has 2 amide bonds. The molecule has 0 aliphatic carbocycles. The SMILES string of the molecule is CCCCC(CCC)N(N)C(=O)NN. The first-order valence-corrected chi connectivity index (χ1v) is 5.21. The van der Waals surface area contributed by atoms with Gasteiger partial charge in [-0.3, -0.25) is 10.4 Å². The second-order valence-electron chi connectivity index (χ2n) is 3.44. The summed E-state index contributed by atoms with van der Waals surface area (Å²) in [4.78, 5) is 11.2. The summed E-state index contributed by atoms with van der Waals surface area (Å²) in [7, 11) is 0. The maximum atomic E-state index is 11.2. The van der Waals surface area contributed by atoms with Gasteiger partial charge in [0.2, 0.25) is 0 Å². The lowest BCUT2D eigenvalue weighted by molar-refractivity contribution is 0.166. The Balaban J connectivity index is 4.09. The smallest absolute Gasteiger partial charge is 0.275 e. The minimum atomic E-state index is -0.417. The summed E-state index contributed by atoms with van der Waals surface area (Å²) >= 11 is 0. The average Bonchev–Trinajstić information content (AvgIpc) is 2.22. The van der Waals surface area contributed by atoms with Crippen LogP contribution in [0.25, 0.3) is 0 Å². The van der Waals surface area contributed by atoms with Gasteiger partial charge in [0.05, 0.1) is 0 Å². The summed E-state index contributed by atoms with van der Waals surface area (Å²) in [5.41, 5.74) is 2.04. The van der Waals surface area contributed by atoms with Crippen LogP contribution < -0.4 is 17.1 Å². The van der Waals surface area contributed by atoms with E-state index in [1.54, 1.807) is 0 Å². The number of carbonyl (C=O) groups excluding carboxylic acids is 1. The van der Waals surface area contributed by atoms with Gasteiger partial charge in [-0.2, -0.15) is 0 Å². The van der Waals surface area contributed by atoms with Crippen molar-refractivity contribution in [1.29, 1.82) is 0 Å². The molecule has 1 atom stereocenters. The summed E-state index contributed by atoms with van der Waals surface area (Å²) in [6.45, 7) is 4.19. The van der Waals surface area contributed by atoms with Crippen LogP contribution in [0.2, 0.25) is 0 Å². The fourth-order valence-electron chi connectivity index (χ4n) is 1.44. The number of nitrogens with one attached hydrogen (secondary N) is 1. The minimum absolute atomic E-state index is 0.100. The third kappa shape index (κ3) is 4.43. The number of hydrogen-bond acceptors (Lipinski definition) is 3. The molecule has 5 heteroatoms. The first-order chi connectivity index (χ1) is 6.67. The molecule has 0 aromatic carbocycles. The fourth-order valence-corrected chi connectivity index (χ4v) is 1.44. The van der Waals surface area contributed by atoms with Crippen molar-refractivity contribution in [3.63, 3.8) is 0 Å². The zero-order valence-electron chi connectivity index (χ0n) is 9.12. The third-order valence-electron chi connectivity index (χ3n) is 2.26. The van der Waals surface area contributed by atoms with Crippen molar-refractivity contribution in [3.8, 4) is 0 Å². The third-order valence-corrected chi connectivity index (χ3v) is 2.26. The van der Waals surface area contributed by atoms with Crippen LogP contribution in [0.15, 0.2) is 0 Å². The number of amides is 2. The van der Waals surface area contributed by atoms with Crippen LogP contribution >= 0.6 is 0 Å². The number of hydrogen-bond donors (Lipinski definition) is 3. The van der Waals surface area contributed by atoms with Gasteiger partial charge in [0, 0.05) is 6.04 Å². The van der Waals surface area contributed by atoms with Crippen molar-refractivity contribution in [1.82, 2.24) is 10.4 Å². The number of carbonyl (C=O) groups is 1. The van der Waals surface area contributed by atoms with E-state index in [0.29, 0.717) is 0 Å². The van der Waals surface area contributed by atoms with Crippen LogP contribution in [0.4, 0.5) is 4.79 Å². The first kappa shape index (κ1) is 13.2. The number of nitrogens with zero attached hydrogens (tertiary/aromatic N) is 1. The Hall–Kier alpha value is -0.810. The highest BCUT2D eigenvalue weighted by molar-refractivity contribution is 5.73. The molecule has 0 aromatic rings. The standard InChI is InChI=1S/C9H22N4O/c1-3-5-7-8(6-4-2)13(11)9(14)12-10/h8H,3-7,10-11H2,1-2H3,(H,12,14). The lowest BCUT2D eigenvalue weighted by Crippen LogP contribution is -2.52. The Morgan fingerprint density at radius 2 is 2.00 bits per heavy atom. The van der Waals surface area contributed by atoms with E-state index in [2.05, 4.69) is 13.8 Å². The summed E-state index contributed by atoms with van der Waals surface area (Å²) in [5.74, 6) is 10.7. The Morgan fingerprint density at radius 3 is 2.43 bits per heavy atom. The highest BCUT2D eigenvalue weighted by atomic mass is 16.2. The zero-order valence-corrected chi connectivity index (χ0v) is 9.12. The molecule has 0 saturated carbocycles. The zero-order chi connectivity index (χ0) is 11.0. The number of urea groups is 1.